The zero-order valence-corrected chi connectivity index (χ0v) is 21.7. The Morgan fingerprint density at radius 2 is 1.76 bits per heavy atom. The average Bonchev–Trinajstić information content (AvgIpc) is 2.96. The first-order valence-corrected chi connectivity index (χ1v) is 13.4. The van der Waals surface area contributed by atoms with Gasteiger partial charge < -0.3 is 19.7 Å². The molecule has 194 valence electrons. The topological polar surface area (TPSA) is 54.0 Å². The number of nitrogens with one attached hydrogen (secondary N) is 1. The van der Waals surface area contributed by atoms with E-state index in [9.17, 15) is 4.79 Å². The van der Waals surface area contributed by atoms with E-state index in [1.165, 1.54) is 22.4 Å². The molecule has 0 spiro atoms. The number of carbonyl (C=O) groups excluding carboxylic acids is 1. The Morgan fingerprint density at radius 1 is 0.973 bits per heavy atom. The first-order valence-electron chi connectivity index (χ1n) is 13.4. The van der Waals surface area contributed by atoms with Crippen molar-refractivity contribution in [3.8, 4) is 5.75 Å². The van der Waals surface area contributed by atoms with E-state index in [4.69, 9.17) is 9.47 Å². The van der Waals surface area contributed by atoms with Gasteiger partial charge >= 0.3 is 0 Å². The van der Waals surface area contributed by atoms with E-state index in [0.717, 1.165) is 63.5 Å². The van der Waals surface area contributed by atoms with Gasteiger partial charge in [0.25, 0.3) is 0 Å². The standard InChI is InChI=1S/C31H37N3O3/c1-32-31(35)22-25-7-12-29-26(21-25)14-20-36-30(29)13-15-33-16-18-34(19-17-33)27-8-10-28(11-9-27)37-23-24-5-3-2-4-6-24/h2-12,21,30H,13-20,22-23H2,1H3,(H,32,35)/t30-/m0/s1. The lowest BCUT2D eigenvalue weighted by molar-refractivity contribution is -0.119. The normalized spacial score (nSPS) is 17.8. The molecule has 0 saturated carbocycles. The van der Waals surface area contributed by atoms with Crippen molar-refractivity contribution in [3.63, 3.8) is 0 Å². The third-order valence-electron chi connectivity index (χ3n) is 7.42. The van der Waals surface area contributed by atoms with Crippen LogP contribution in [0.2, 0.25) is 0 Å². The first kappa shape index (κ1) is 25.3. The maximum Gasteiger partial charge on any atom is 0.224 e. The number of nitrogens with zero attached hydrogens (tertiary/aromatic N) is 2. The van der Waals surface area contributed by atoms with Crippen molar-refractivity contribution in [2.45, 2.75) is 32.0 Å². The number of anilines is 1. The van der Waals surface area contributed by atoms with Gasteiger partial charge in [-0.05, 0) is 59.4 Å². The van der Waals surface area contributed by atoms with Crippen molar-refractivity contribution < 1.29 is 14.3 Å². The van der Waals surface area contributed by atoms with Crippen molar-refractivity contribution in [1.29, 1.82) is 0 Å². The molecule has 0 unspecified atom stereocenters. The summed E-state index contributed by atoms with van der Waals surface area (Å²) in [4.78, 5) is 16.7. The largest absolute Gasteiger partial charge is 0.489 e. The van der Waals surface area contributed by atoms with Crippen LogP contribution in [0.25, 0.3) is 0 Å². The number of carbonyl (C=O) groups is 1. The molecule has 2 heterocycles. The number of ether oxygens (including phenoxy) is 2. The summed E-state index contributed by atoms with van der Waals surface area (Å²) < 4.78 is 12.1. The smallest absolute Gasteiger partial charge is 0.224 e. The molecule has 5 rings (SSSR count). The molecule has 0 aromatic heterocycles. The van der Waals surface area contributed by atoms with Crippen LogP contribution in [0, 0.1) is 0 Å². The third-order valence-corrected chi connectivity index (χ3v) is 7.42. The van der Waals surface area contributed by atoms with Crippen LogP contribution in [0.1, 0.15) is 34.8 Å². The van der Waals surface area contributed by atoms with Gasteiger partial charge in [-0.2, -0.15) is 0 Å². The van der Waals surface area contributed by atoms with Crippen molar-refractivity contribution >= 4 is 11.6 Å². The zero-order chi connectivity index (χ0) is 25.5. The molecule has 3 aromatic carbocycles. The highest BCUT2D eigenvalue weighted by atomic mass is 16.5. The van der Waals surface area contributed by atoms with Gasteiger partial charge in [-0.15, -0.1) is 0 Å². The van der Waals surface area contributed by atoms with Gasteiger partial charge in [-0.3, -0.25) is 9.69 Å². The van der Waals surface area contributed by atoms with Crippen LogP contribution < -0.4 is 15.0 Å². The van der Waals surface area contributed by atoms with E-state index in [-0.39, 0.29) is 12.0 Å². The lowest BCUT2D eigenvalue weighted by Gasteiger charge is -2.37. The molecule has 1 amide bonds. The maximum absolute atomic E-state index is 11.7. The summed E-state index contributed by atoms with van der Waals surface area (Å²) in [6, 6.07) is 25.2. The van der Waals surface area contributed by atoms with Crippen molar-refractivity contribution in [3.05, 3.63) is 95.1 Å². The number of likely N-dealkylation sites (N-methyl/N-ethyl adjacent to an activating group) is 1. The van der Waals surface area contributed by atoms with Crippen LogP contribution in [-0.4, -0.2) is 57.2 Å². The Hall–Kier alpha value is -3.35. The first-order chi connectivity index (χ1) is 18.2. The molecule has 6 nitrogen and oxygen atoms in total. The Balaban J connectivity index is 1.08. The molecule has 1 N–H and O–H groups in total. The van der Waals surface area contributed by atoms with Gasteiger partial charge in [0.1, 0.15) is 12.4 Å². The minimum absolute atomic E-state index is 0.0510. The number of hydrogen-bond donors (Lipinski definition) is 1. The van der Waals surface area contributed by atoms with E-state index < -0.39 is 0 Å². The number of hydrogen-bond acceptors (Lipinski definition) is 5. The SMILES string of the molecule is CNC(=O)Cc1ccc2c(c1)CCO[C@H]2CCN1CCN(c2ccc(OCc3ccccc3)cc2)CC1. The highest BCUT2D eigenvalue weighted by molar-refractivity contribution is 5.78. The highest BCUT2D eigenvalue weighted by Gasteiger charge is 2.24. The molecule has 1 fully saturated rings. The van der Waals surface area contributed by atoms with Crippen LogP contribution in [0.4, 0.5) is 5.69 Å². The van der Waals surface area contributed by atoms with Crippen LogP contribution in [-0.2, 0) is 29.0 Å². The summed E-state index contributed by atoms with van der Waals surface area (Å²) in [6.45, 7) is 6.52. The van der Waals surface area contributed by atoms with Crippen molar-refractivity contribution in [1.82, 2.24) is 10.2 Å². The van der Waals surface area contributed by atoms with E-state index >= 15 is 0 Å². The summed E-state index contributed by atoms with van der Waals surface area (Å²) in [5.74, 6) is 0.954. The van der Waals surface area contributed by atoms with Gasteiger partial charge in [0.15, 0.2) is 0 Å². The second-order valence-electron chi connectivity index (χ2n) is 9.88. The molecule has 0 bridgehead atoms. The van der Waals surface area contributed by atoms with Gasteiger partial charge in [0.2, 0.25) is 5.91 Å². The number of piperazine rings is 1. The number of amides is 1. The molecule has 2 aliphatic rings. The molecular weight excluding hydrogens is 462 g/mol. The molecule has 3 aromatic rings. The van der Waals surface area contributed by atoms with Crippen molar-refractivity contribution in [2.24, 2.45) is 0 Å². The molecule has 2 aliphatic heterocycles. The van der Waals surface area contributed by atoms with Crippen LogP contribution in [0.15, 0.2) is 72.8 Å². The fraction of sp³-hybridized carbons (Fsp3) is 0.387. The zero-order valence-electron chi connectivity index (χ0n) is 21.7. The van der Waals surface area contributed by atoms with Crippen LogP contribution in [0.5, 0.6) is 5.75 Å². The summed E-state index contributed by atoms with van der Waals surface area (Å²) in [7, 11) is 1.68. The van der Waals surface area contributed by atoms with Gasteiger partial charge in [0.05, 0.1) is 19.1 Å². The second-order valence-corrected chi connectivity index (χ2v) is 9.88. The highest BCUT2D eigenvalue weighted by Crippen LogP contribution is 2.31. The van der Waals surface area contributed by atoms with E-state index in [1.54, 1.807) is 7.05 Å². The molecule has 0 radical (unpaired) electrons. The van der Waals surface area contributed by atoms with Gasteiger partial charge in [-0.25, -0.2) is 0 Å². The Morgan fingerprint density at radius 3 is 2.51 bits per heavy atom. The number of rotatable bonds is 9. The second kappa shape index (κ2) is 12.3. The summed E-state index contributed by atoms with van der Waals surface area (Å²) >= 11 is 0. The fourth-order valence-electron chi connectivity index (χ4n) is 5.24. The molecule has 1 atom stereocenters. The number of fused-ring (bicyclic) bond motifs is 1. The lowest BCUT2D eigenvalue weighted by atomic mass is 9.93. The summed E-state index contributed by atoms with van der Waals surface area (Å²) in [6.07, 6.45) is 2.49. The monoisotopic (exact) mass is 499 g/mol. The maximum atomic E-state index is 11.7. The molecular formula is C31H37N3O3. The third kappa shape index (κ3) is 6.70. The van der Waals surface area contributed by atoms with Gasteiger partial charge in [0, 0.05) is 45.5 Å². The predicted octanol–water partition coefficient (Wildman–Crippen LogP) is 4.38. The van der Waals surface area contributed by atoms with Crippen LogP contribution >= 0.6 is 0 Å². The molecule has 1 saturated heterocycles. The quantitative estimate of drug-likeness (QED) is 0.474. The Kier molecular flexibility index (Phi) is 8.39. The predicted molar refractivity (Wildman–Crippen MR) is 147 cm³/mol. The van der Waals surface area contributed by atoms with E-state index in [1.807, 2.05) is 18.2 Å². The fourth-order valence-corrected chi connectivity index (χ4v) is 5.24. The molecule has 37 heavy (non-hydrogen) atoms. The number of benzene rings is 3. The van der Waals surface area contributed by atoms with Crippen molar-refractivity contribution in [2.75, 3.05) is 51.3 Å². The Labute approximate surface area is 220 Å². The molecule has 0 aliphatic carbocycles. The lowest BCUT2D eigenvalue weighted by Crippen LogP contribution is -2.46. The minimum atomic E-state index is 0.0510. The molecule has 6 heteroatoms. The Bertz CT molecular complexity index is 1160. The van der Waals surface area contributed by atoms with E-state index in [2.05, 4.69) is 69.7 Å². The van der Waals surface area contributed by atoms with Crippen LogP contribution in [0.3, 0.4) is 0 Å². The average molecular weight is 500 g/mol. The minimum Gasteiger partial charge on any atom is -0.489 e. The summed E-state index contributed by atoms with van der Waals surface area (Å²) in [5.41, 5.74) is 6.13. The van der Waals surface area contributed by atoms with Gasteiger partial charge in [-0.1, -0.05) is 48.5 Å². The summed E-state index contributed by atoms with van der Waals surface area (Å²) in [5, 5.41) is 2.71. The van der Waals surface area contributed by atoms with E-state index in [0.29, 0.717) is 13.0 Å².